The number of anilines is 1. The number of thiazole rings is 1. The third kappa shape index (κ3) is 3.79. The molecule has 21 heavy (non-hydrogen) atoms. The molecule has 0 amide bonds. The zero-order valence-electron chi connectivity index (χ0n) is 13.5. The minimum atomic E-state index is 0.100. The van der Waals surface area contributed by atoms with E-state index in [0.29, 0.717) is 0 Å². The van der Waals surface area contributed by atoms with Gasteiger partial charge in [0.15, 0.2) is 0 Å². The summed E-state index contributed by atoms with van der Waals surface area (Å²) in [5.41, 5.74) is 3.54. The zero-order chi connectivity index (χ0) is 15.5. The van der Waals surface area contributed by atoms with Crippen LogP contribution in [0.2, 0.25) is 0 Å². The molecule has 0 aliphatic heterocycles. The van der Waals surface area contributed by atoms with Crippen molar-refractivity contribution in [3.05, 3.63) is 33.7 Å². The summed E-state index contributed by atoms with van der Waals surface area (Å²) in [5.74, 6) is 0.956. The van der Waals surface area contributed by atoms with Crippen molar-refractivity contribution < 1.29 is 0 Å². The maximum Gasteiger partial charge on any atom is 0.132 e. The Morgan fingerprint density at radius 1 is 1.19 bits per heavy atom. The van der Waals surface area contributed by atoms with Gasteiger partial charge in [-0.05, 0) is 13.3 Å². The maximum absolute atomic E-state index is 4.77. The minimum absolute atomic E-state index is 0.100. The Kier molecular flexibility index (Phi) is 4.93. The van der Waals surface area contributed by atoms with E-state index in [1.807, 2.05) is 0 Å². The molecule has 4 nitrogen and oxygen atoms in total. The van der Waals surface area contributed by atoms with Crippen molar-refractivity contribution in [2.24, 2.45) is 0 Å². The highest BCUT2D eigenvalue weighted by Gasteiger charge is 2.18. The van der Waals surface area contributed by atoms with Gasteiger partial charge in [0, 0.05) is 29.3 Å². The van der Waals surface area contributed by atoms with Gasteiger partial charge in [-0.25, -0.2) is 15.0 Å². The predicted octanol–water partition coefficient (Wildman–Crippen LogP) is 3.82. The minimum Gasteiger partial charge on any atom is -0.370 e. The first-order chi connectivity index (χ1) is 9.95. The highest BCUT2D eigenvalue weighted by Crippen LogP contribution is 2.26. The highest BCUT2D eigenvalue weighted by molar-refractivity contribution is 7.09. The molecular weight excluding hydrogens is 280 g/mol. The van der Waals surface area contributed by atoms with Crippen molar-refractivity contribution in [1.82, 2.24) is 15.0 Å². The average molecular weight is 304 g/mol. The van der Waals surface area contributed by atoms with Crippen molar-refractivity contribution in [3.63, 3.8) is 0 Å². The second-order valence-corrected chi connectivity index (χ2v) is 7.03. The zero-order valence-corrected chi connectivity index (χ0v) is 14.3. The lowest BCUT2D eigenvalue weighted by atomic mass is 9.93. The number of nitrogens with one attached hydrogen (secondary N) is 1. The topological polar surface area (TPSA) is 50.7 Å². The molecule has 0 saturated heterocycles. The third-order valence-corrected chi connectivity index (χ3v) is 4.22. The summed E-state index contributed by atoms with van der Waals surface area (Å²) in [4.78, 5) is 13.6. The van der Waals surface area contributed by atoms with Crippen LogP contribution in [0.25, 0.3) is 0 Å². The number of aromatic nitrogens is 3. The average Bonchev–Trinajstić information content (AvgIpc) is 2.88. The van der Waals surface area contributed by atoms with Gasteiger partial charge in [-0.2, -0.15) is 0 Å². The molecule has 114 valence electrons. The van der Waals surface area contributed by atoms with Crippen molar-refractivity contribution in [2.75, 3.05) is 11.9 Å². The van der Waals surface area contributed by atoms with E-state index >= 15 is 0 Å². The van der Waals surface area contributed by atoms with Gasteiger partial charge in [0.2, 0.25) is 0 Å². The molecule has 0 saturated carbocycles. The molecular formula is C16H24N4S. The van der Waals surface area contributed by atoms with E-state index in [1.165, 1.54) is 5.56 Å². The van der Waals surface area contributed by atoms with Crippen LogP contribution >= 0.6 is 11.3 Å². The van der Waals surface area contributed by atoms with Crippen LogP contribution < -0.4 is 5.32 Å². The number of hydrogen-bond donors (Lipinski definition) is 1. The fraction of sp³-hybridized carbons (Fsp3) is 0.562. The molecule has 1 N–H and O–H groups in total. The molecule has 2 rings (SSSR count). The van der Waals surface area contributed by atoms with Crippen molar-refractivity contribution in [1.29, 1.82) is 0 Å². The Morgan fingerprint density at radius 2 is 1.95 bits per heavy atom. The Labute approximate surface area is 131 Å². The van der Waals surface area contributed by atoms with Crippen LogP contribution in [0.15, 0.2) is 11.7 Å². The van der Waals surface area contributed by atoms with Crippen LogP contribution in [-0.2, 0) is 18.3 Å². The smallest absolute Gasteiger partial charge is 0.132 e. The van der Waals surface area contributed by atoms with E-state index in [0.717, 1.165) is 41.6 Å². The number of hydrogen-bond acceptors (Lipinski definition) is 5. The molecule has 0 atom stereocenters. The third-order valence-electron chi connectivity index (χ3n) is 3.37. The molecule has 5 heteroatoms. The molecule has 0 spiro atoms. The molecule has 0 unspecified atom stereocenters. The summed E-state index contributed by atoms with van der Waals surface area (Å²) >= 11 is 1.72. The highest BCUT2D eigenvalue weighted by atomic mass is 32.1. The first-order valence-electron chi connectivity index (χ1n) is 7.47. The van der Waals surface area contributed by atoms with Crippen LogP contribution in [0.4, 0.5) is 5.82 Å². The second-order valence-electron chi connectivity index (χ2n) is 6.08. The Hall–Kier alpha value is -1.49. The Bertz CT molecular complexity index is 599. The van der Waals surface area contributed by atoms with Gasteiger partial charge in [0.05, 0.1) is 16.4 Å². The van der Waals surface area contributed by atoms with Crippen LogP contribution in [0.3, 0.4) is 0 Å². The predicted molar refractivity (Wildman–Crippen MR) is 89.2 cm³/mol. The Balaban J connectivity index is 2.27. The first-order valence-corrected chi connectivity index (χ1v) is 8.35. The van der Waals surface area contributed by atoms with Crippen LogP contribution in [-0.4, -0.2) is 21.5 Å². The van der Waals surface area contributed by atoms with Gasteiger partial charge in [-0.1, -0.05) is 27.7 Å². The molecule has 2 aromatic rings. The van der Waals surface area contributed by atoms with Crippen molar-refractivity contribution >= 4 is 17.2 Å². The summed E-state index contributed by atoms with van der Waals surface area (Å²) in [5, 5.41) is 6.60. The van der Waals surface area contributed by atoms with Crippen molar-refractivity contribution in [3.8, 4) is 0 Å². The van der Waals surface area contributed by atoms with Gasteiger partial charge in [-0.15, -0.1) is 11.3 Å². The van der Waals surface area contributed by atoms with E-state index < -0.39 is 0 Å². The lowest BCUT2D eigenvalue weighted by molar-refractivity contribution is 0.571. The molecule has 0 radical (unpaired) electrons. The summed E-state index contributed by atoms with van der Waals surface area (Å²) in [6, 6.07) is 0. The normalized spacial score (nSPS) is 11.7. The summed E-state index contributed by atoms with van der Waals surface area (Å²) in [6.07, 6.45) is 3.35. The van der Waals surface area contributed by atoms with Gasteiger partial charge >= 0.3 is 0 Å². The number of rotatable bonds is 5. The lowest BCUT2D eigenvalue weighted by Gasteiger charge is -2.14. The summed E-state index contributed by atoms with van der Waals surface area (Å²) in [7, 11) is 0. The van der Waals surface area contributed by atoms with Crippen molar-refractivity contribution in [2.45, 2.75) is 52.9 Å². The fourth-order valence-corrected chi connectivity index (χ4v) is 3.20. The molecule has 0 fully saturated rings. The standard InChI is InChI=1S/C16H24N4S/c1-6-11-12(18-10-19-15(11)17-7-2)8-14-20-13(9-21-14)16(3,4)5/h9-10H,6-8H2,1-5H3,(H,17,18,19). The second kappa shape index (κ2) is 6.52. The van der Waals surface area contributed by atoms with E-state index in [-0.39, 0.29) is 5.41 Å². The largest absolute Gasteiger partial charge is 0.370 e. The van der Waals surface area contributed by atoms with E-state index in [2.05, 4.69) is 55.3 Å². The Morgan fingerprint density at radius 3 is 2.52 bits per heavy atom. The molecule has 0 bridgehead atoms. The molecule has 2 heterocycles. The summed E-state index contributed by atoms with van der Waals surface area (Å²) < 4.78 is 0. The van der Waals surface area contributed by atoms with E-state index in [4.69, 9.17) is 4.98 Å². The first kappa shape index (κ1) is 15.9. The molecule has 2 aromatic heterocycles. The summed E-state index contributed by atoms with van der Waals surface area (Å²) in [6.45, 7) is 11.7. The van der Waals surface area contributed by atoms with Gasteiger partial charge in [-0.3, -0.25) is 0 Å². The number of nitrogens with zero attached hydrogens (tertiary/aromatic N) is 3. The van der Waals surface area contributed by atoms with E-state index in [1.54, 1.807) is 17.7 Å². The molecule has 0 aromatic carbocycles. The molecule has 0 aliphatic rings. The van der Waals surface area contributed by atoms with Crippen LogP contribution in [0, 0.1) is 0 Å². The maximum atomic E-state index is 4.77. The monoisotopic (exact) mass is 304 g/mol. The van der Waals surface area contributed by atoms with Gasteiger partial charge in [0.25, 0.3) is 0 Å². The SMILES string of the molecule is CCNc1ncnc(Cc2nc(C(C)(C)C)cs2)c1CC. The quantitative estimate of drug-likeness (QED) is 0.912. The molecule has 0 aliphatic carbocycles. The lowest BCUT2D eigenvalue weighted by Crippen LogP contribution is -2.12. The van der Waals surface area contributed by atoms with E-state index in [9.17, 15) is 0 Å². The van der Waals surface area contributed by atoms with Gasteiger partial charge in [0.1, 0.15) is 12.1 Å². The van der Waals surface area contributed by atoms with Gasteiger partial charge < -0.3 is 5.32 Å². The van der Waals surface area contributed by atoms with Crippen LogP contribution in [0.5, 0.6) is 0 Å². The van der Waals surface area contributed by atoms with Crippen LogP contribution in [0.1, 0.15) is 56.6 Å². The fourth-order valence-electron chi connectivity index (χ4n) is 2.17.